The number of fused-ring (bicyclic) bond motifs is 1. The van der Waals surface area contributed by atoms with Gasteiger partial charge in [-0.2, -0.15) is 0 Å². The van der Waals surface area contributed by atoms with Crippen LogP contribution in [0.3, 0.4) is 0 Å². The second-order valence-electron chi connectivity index (χ2n) is 4.34. The average molecular weight is 231 g/mol. The number of ether oxygens (including phenoxy) is 1. The lowest BCUT2D eigenvalue weighted by atomic mass is 10.0. The first-order valence-corrected chi connectivity index (χ1v) is 5.53. The van der Waals surface area contributed by atoms with Crippen LogP contribution < -0.4 is 9.64 Å². The number of hydrogen-bond acceptors (Lipinski definition) is 3. The molecular weight excluding hydrogens is 214 g/mol. The van der Waals surface area contributed by atoms with Crippen LogP contribution in [-0.2, 0) is 0 Å². The lowest BCUT2D eigenvalue weighted by Gasteiger charge is -2.19. The van der Waals surface area contributed by atoms with E-state index in [0.717, 1.165) is 27.8 Å². The predicted molar refractivity (Wildman–Crippen MR) is 71.2 cm³/mol. The van der Waals surface area contributed by atoms with Crippen LogP contribution in [0, 0.1) is 6.92 Å². The molecule has 3 heteroatoms. The molecule has 0 saturated carbocycles. The predicted octanol–water partition coefficient (Wildman–Crippen LogP) is 2.93. The molecule has 0 heterocycles. The number of methoxy groups -OCH3 is 1. The summed E-state index contributed by atoms with van der Waals surface area (Å²) in [5, 5.41) is 11.9. The molecule has 0 spiro atoms. The van der Waals surface area contributed by atoms with Crippen molar-refractivity contribution in [1.82, 2.24) is 0 Å². The fourth-order valence-corrected chi connectivity index (χ4v) is 2.07. The topological polar surface area (TPSA) is 32.7 Å². The number of phenolic OH excluding ortho intramolecular Hbond substituents is 1. The third-order valence-corrected chi connectivity index (χ3v) is 2.97. The molecule has 2 aromatic carbocycles. The molecule has 17 heavy (non-hydrogen) atoms. The molecule has 0 aliphatic carbocycles. The number of hydrogen-bond donors (Lipinski definition) is 1. The molecular formula is C14H17NO2. The highest BCUT2D eigenvalue weighted by molar-refractivity contribution is 6.03. The van der Waals surface area contributed by atoms with E-state index in [9.17, 15) is 5.11 Å². The second kappa shape index (κ2) is 4.17. The Kier molecular flexibility index (Phi) is 2.84. The highest BCUT2D eigenvalue weighted by atomic mass is 16.5. The number of nitrogens with zero attached hydrogens (tertiary/aromatic N) is 1. The first-order valence-electron chi connectivity index (χ1n) is 5.53. The highest BCUT2D eigenvalue weighted by Crippen LogP contribution is 2.40. The molecule has 0 aliphatic heterocycles. The molecule has 0 saturated heterocycles. The van der Waals surface area contributed by atoms with Gasteiger partial charge in [-0.25, -0.2) is 0 Å². The molecule has 0 unspecified atom stereocenters. The smallest absolute Gasteiger partial charge is 0.128 e. The summed E-state index contributed by atoms with van der Waals surface area (Å²) in [7, 11) is 5.61. The van der Waals surface area contributed by atoms with Gasteiger partial charge < -0.3 is 14.7 Å². The van der Waals surface area contributed by atoms with Crippen molar-refractivity contribution in [3.63, 3.8) is 0 Å². The van der Waals surface area contributed by atoms with Crippen molar-refractivity contribution in [2.45, 2.75) is 6.92 Å². The Morgan fingerprint density at radius 3 is 2.53 bits per heavy atom. The molecule has 0 amide bonds. The Hall–Kier alpha value is -1.90. The summed E-state index contributed by atoms with van der Waals surface area (Å²) in [4.78, 5) is 2.03. The van der Waals surface area contributed by atoms with Gasteiger partial charge in [-0.3, -0.25) is 0 Å². The van der Waals surface area contributed by atoms with E-state index in [2.05, 4.69) is 0 Å². The van der Waals surface area contributed by atoms with E-state index in [1.54, 1.807) is 7.11 Å². The maximum atomic E-state index is 10.1. The standard InChI is InChI=1S/C14H17NO2/c1-9-8-11(15(2)3)13-10(14(9)16)6-5-7-12(13)17-4/h5-8,16H,1-4H3. The van der Waals surface area contributed by atoms with Crippen LogP contribution in [0.1, 0.15) is 5.56 Å². The number of anilines is 1. The zero-order valence-corrected chi connectivity index (χ0v) is 10.6. The fraction of sp³-hybridized carbons (Fsp3) is 0.286. The average Bonchev–Trinajstić information content (AvgIpc) is 2.32. The molecule has 2 rings (SSSR count). The van der Waals surface area contributed by atoms with Gasteiger partial charge >= 0.3 is 0 Å². The Bertz CT molecular complexity index is 562. The first kappa shape index (κ1) is 11.6. The maximum Gasteiger partial charge on any atom is 0.128 e. The van der Waals surface area contributed by atoms with Crippen molar-refractivity contribution in [3.05, 3.63) is 29.8 Å². The van der Waals surface area contributed by atoms with Crippen molar-refractivity contribution in [3.8, 4) is 11.5 Å². The van der Waals surface area contributed by atoms with E-state index in [-0.39, 0.29) is 0 Å². The minimum absolute atomic E-state index is 0.324. The number of aromatic hydroxyl groups is 1. The number of benzene rings is 2. The summed E-state index contributed by atoms with van der Waals surface area (Å²) in [6.07, 6.45) is 0. The summed E-state index contributed by atoms with van der Waals surface area (Å²) >= 11 is 0. The number of phenols is 1. The molecule has 0 bridgehead atoms. The normalized spacial score (nSPS) is 10.6. The van der Waals surface area contributed by atoms with Crippen LogP contribution in [0.5, 0.6) is 11.5 Å². The van der Waals surface area contributed by atoms with Gasteiger partial charge in [0, 0.05) is 25.2 Å². The summed E-state index contributed by atoms with van der Waals surface area (Å²) in [5.74, 6) is 1.10. The van der Waals surface area contributed by atoms with E-state index in [1.165, 1.54) is 0 Å². The highest BCUT2D eigenvalue weighted by Gasteiger charge is 2.13. The summed E-state index contributed by atoms with van der Waals surface area (Å²) < 4.78 is 5.38. The van der Waals surface area contributed by atoms with Crippen LogP contribution in [0.4, 0.5) is 5.69 Å². The van der Waals surface area contributed by atoms with Crippen molar-refractivity contribution >= 4 is 16.5 Å². The monoisotopic (exact) mass is 231 g/mol. The van der Waals surface area contributed by atoms with E-state index in [4.69, 9.17) is 4.74 Å². The number of aryl methyl sites for hydroxylation is 1. The third kappa shape index (κ3) is 1.78. The molecule has 0 aliphatic rings. The molecule has 1 N–H and O–H groups in total. The quantitative estimate of drug-likeness (QED) is 0.862. The molecule has 0 aromatic heterocycles. The van der Waals surface area contributed by atoms with Gasteiger partial charge in [0.25, 0.3) is 0 Å². The van der Waals surface area contributed by atoms with Crippen molar-refractivity contribution < 1.29 is 9.84 Å². The Balaban J connectivity index is 2.94. The van der Waals surface area contributed by atoms with Crippen LogP contribution in [0.25, 0.3) is 10.8 Å². The lowest BCUT2D eigenvalue weighted by molar-refractivity contribution is 0.419. The largest absolute Gasteiger partial charge is 0.507 e. The Labute approximate surface area is 101 Å². The zero-order valence-electron chi connectivity index (χ0n) is 10.6. The van der Waals surface area contributed by atoms with Crippen molar-refractivity contribution in [2.75, 3.05) is 26.1 Å². The maximum absolute atomic E-state index is 10.1. The second-order valence-corrected chi connectivity index (χ2v) is 4.34. The Morgan fingerprint density at radius 1 is 1.24 bits per heavy atom. The van der Waals surface area contributed by atoms with E-state index < -0.39 is 0 Å². The summed E-state index contributed by atoms with van der Waals surface area (Å²) in [6, 6.07) is 7.68. The van der Waals surface area contributed by atoms with Crippen LogP contribution in [-0.4, -0.2) is 26.3 Å². The van der Waals surface area contributed by atoms with Crippen molar-refractivity contribution in [1.29, 1.82) is 0 Å². The van der Waals surface area contributed by atoms with E-state index >= 15 is 0 Å². The molecule has 90 valence electrons. The summed E-state index contributed by atoms with van der Waals surface area (Å²) in [5.41, 5.74) is 1.92. The molecule has 0 fully saturated rings. The van der Waals surface area contributed by atoms with Crippen molar-refractivity contribution in [2.24, 2.45) is 0 Å². The van der Waals surface area contributed by atoms with Gasteiger partial charge in [-0.05, 0) is 24.6 Å². The lowest BCUT2D eigenvalue weighted by Crippen LogP contribution is -2.09. The third-order valence-electron chi connectivity index (χ3n) is 2.97. The van der Waals surface area contributed by atoms with Gasteiger partial charge in [0.05, 0.1) is 12.5 Å². The minimum atomic E-state index is 0.324. The van der Waals surface area contributed by atoms with E-state index in [0.29, 0.717) is 5.75 Å². The van der Waals surface area contributed by atoms with Gasteiger partial charge in [-0.15, -0.1) is 0 Å². The van der Waals surface area contributed by atoms with Gasteiger partial charge in [0.15, 0.2) is 0 Å². The van der Waals surface area contributed by atoms with Gasteiger partial charge in [-0.1, -0.05) is 12.1 Å². The first-order chi connectivity index (χ1) is 8.06. The molecule has 2 aromatic rings. The minimum Gasteiger partial charge on any atom is -0.507 e. The molecule has 0 radical (unpaired) electrons. The molecule has 3 nitrogen and oxygen atoms in total. The fourth-order valence-electron chi connectivity index (χ4n) is 2.07. The SMILES string of the molecule is COc1cccc2c(O)c(C)cc(N(C)C)c12. The van der Waals surface area contributed by atoms with Gasteiger partial charge in [0.1, 0.15) is 11.5 Å². The van der Waals surface area contributed by atoms with Crippen LogP contribution in [0.2, 0.25) is 0 Å². The van der Waals surface area contributed by atoms with E-state index in [1.807, 2.05) is 50.2 Å². The zero-order chi connectivity index (χ0) is 12.6. The Morgan fingerprint density at radius 2 is 1.94 bits per heavy atom. The van der Waals surface area contributed by atoms with Crippen LogP contribution in [0.15, 0.2) is 24.3 Å². The van der Waals surface area contributed by atoms with Crippen LogP contribution >= 0.6 is 0 Å². The van der Waals surface area contributed by atoms with Gasteiger partial charge in [0.2, 0.25) is 0 Å². The summed E-state index contributed by atoms with van der Waals surface area (Å²) in [6.45, 7) is 1.90. The molecule has 0 atom stereocenters. The number of rotatable bonds is 2.